The third-order valence-electron chi connectivity index (χ3n) is 3.38. The van der Waals surface area contributed by atoms with E-state index >= 15 is 0 Å². The molecular weight excluding hydrogens is 295 g/mol. The van der Waals surface area contributed by atoms with Crippen molar-refractivity contribution < 1.29 is 24.3 Å². The summed E-state index contributed by atoms with van der Waals surface area (Å²) < 4.78 is 15.7. The molecule has 2 N–H and O–H groups in total. The van der Waals surface area contributed by atoms with E-state index in [1.54, 1.807) is 38.5 Å². The molecule has 6 heteroatoms. The summed E-state index contributed by atoms with van der Waals surface area (Å²) in [5, 5.41) is 18.6. The Bertz CT molecular complexity index is 675. The number of methoxy groups -OCH3 is 3. The first-order valence-electron chi connectivity index (χ1n) is 7.02. The Morgan fingerprint density at radius 2 is 1.39 bits per heavy atom. The number of hydrogen-bond donors (Lipinski definition) is 2. The van der Waals surface area contributed by atoms with E-state index in [1.807, 2.05) is 24.3 Å². The van der Waals surface area contributed by atoms with Gasteiger partial charge in [0, 0.05) is 11.5 Å². The van der Waals surface area contributed by atoms with Gasteiger partial charge in [0.05, 0.1) is 21.3 Å². The molecule has 0 spiro atoms. The topological polar surface area (TPSA) is 68.2 Å². The van der Waals surface area contributed by atoms with Crippen molar-refractivity contribution in [3.63, 3.8) is 0 Å². The first kappa shape index (κ1) is 16.9. The second kappa shape index (κ2) is 7.71. The summed E-state index contributed by atoms with van der Waals surface area (Å²) in [4.78, 5) is 0. The Kier molecular flexibility index (Phi) is 5.68. The van der Waals surface area contributed by atoms with E-state index in [-0.39, 0.29) is 0 Å². The zero-order chi connectivity index (χ0) is 16.8. The molecule has 0 radical (unpaired) electrons. The molecule has 23 heavy (non-hydrogen) atoms. The van der Waals surface area contributed by atoms with E-state index in [9.17, 15) is 10.0 Å². The fourth-order valence-corrected chi connectivity index (χ4v) is 2.16. The largest absolute Gasteiger partial charge is 0.497 e. The summed E-state index contributed by atoms with van der Waals surface area (Å²) >= 11 is 0. The molecule has 5 nitrogen and oxygen atoms in total. The van der Waals surface area contributed by atoms with E-state index in [4.69, 9.17) is 14.2 Å². The van der Waals surface area contributed by atoms with Crippen LogP contribution in [0.4, 0.5) is 0 Å². The SMILES string of the molecule is COc1cc(/C=C\c2ccc(B(O)O)c(OC)c2)cc(OC)c1. The second-order valence-corrected chi connectivity index (χ2v) is 4.85. The highest BCUT2D eigenvalue weighted by atomic mass is 16.5. The fourth-order valence-electron chi connectivity index (χ4n) is 2.16. The molecule has 0 bridgehead atoms. The summed E-state index contributed by atoms with van der Waals surface area (Å²) in [6, 6.07) is 10.7. The quantitative estimate of drug-likeness (QED) is 0.626. The molecule has 0 fully saturated rings. The van der Waals surface area contributed by atoms with Crippen LogP contribution in [0.3, 0.4) is 0 Å². The maximum absolute atomic E-state index is 9.28. The monoisotopic (exact) mass is 314 g/mol. The van der Waals surface area contributed by atoms with Crippen LogP contribution in [0.5, 0.6) is 17.2 Å². The molecule has 0 amide bonds. The molecule has 0 aliphatic heterocycles. The third-order valence-corrected chi connectivity index (χ3v) is 3.38. The Labute approximate surface area is 135 Å². The van der Waals surface area contributed by atoms with Gasteiger partial charge >= 0.3 is 7.12 Å². The molecule has 2 aromatic rings. The summed E-state index contributed by atoms with van der Waals surface area (Å²) in [7, 11) is 3.13. The van der Waals surface area contributed by atoms with Crippen molar-refractivity contribution in [2.75, 3.05) is 21.3 Å². The van der Waals surface area contributed by atoms with Gasteiger partial charge in [-0.25, -0.2) is 0 Å². The van der Waals surface area contributed by atoms with E-state index in [1.165, 1.54) is 7.11 Å². The average Bonchev–Trinajstić information content (AvgIpc) is 2.58. The molecule has 2 rings (SSSR count). The van der Waals surface area contributed by atoms with E-state index < -0.39 is 7.12 Å². The minimum absolute atomic E-state index is 0.327. The highest BCUT2D eigenvalue weighted by Gasteiger charge is 2.16. The van der Waals surface area contributed by atoms with Gasteiger partial charge in [-0.05, 0) is 29.3 Å². The predicted octanol–water partition coefficient (Wildman–Crippen LogP) is 1.56. The molecule has 0 aliphatic carbocycles. The normalized spacial score (nSPS) is 10.7. The molecule has 0 saturated heterocycles. The Hall–Kier alpha value is -2.44. The maximum Gasteiger partial charge on any atom is 0.492 e. The molecule has 0 heterocycles. The molecule has 0 saturated carbocycles. The number of benzene rings is 2. The van der Waals surface area contributed by atoms with Gasteiger partial charge in [-0.3, -0.25) is 0 Å². The predicted molar refractivity (Wildman–Crippen MR) is 91.3 cm³/mol. The summed E-state index contributed by atoms with van der Waals surface area (Å²) in [6.07, 6.45) is 3.80. The smallest absolute Gasteiger partial charge is 0.492 e. The molecule has 0 aliphatic rings. The first-order valence-corrected chi connectivity index (χ1v) is 7.02. The van der Waals surface area contributed by atoms with Crippen LogP contribution in [0.2, 0.25) is 0 Å². The Morgan fingerprint density at radius 3 is 1.91 bits per heavy atom. The second-order valence-electron chi connectivity index (χ2n) is 4.85. The van der Waals surface area contributed by atoms with Crippen molar-refractivity contribution in [1.82, 2.24) is 0 Å². The van der Waals surface area contributed by atoms with Gasteiger partial charge in [0.15, 0.2) is 0 Å². The minimum atomic E-state index is -1.56. The zero-order valence-corrected chi connectivity index (χ0v) is 13.3. The average molecular weight is 314 g/mol. The van der Waals surface area contributed by atoms with Gasteiger partial charge in [0.2, 0.25) is 0 Å². The van der Waals surface area contributed by atoms with Gasteiger partial charge in [-0.1, -0.05) is 24.3 Å². The van der Waals surface area contributed by atoms with Gasteiger partial charge in [-0.15, -0.1) is 0 Å². The molecule has 120 valence electrons. The maximum atomic E-state index is 9.28. The lowest BCUT2D eigenvalue weighted by Gasteiger charge is -2.08. The van der Waals surface area contributed by atoms with Crippen molar-refractivity contribution >= 4 is 24.7 Å². The van der Waals surface area contributed by atoms with Crippen LogP contribution in [0.15, 0.2) is 36.4 Å². The van der Waals surface area contributed by atoms with Crippen molar-refractivity contribution in [3.05, 3.63) is 47.5 Å². The Balaban J connectivity index is 2.29. The molecular formula is C17H19BO5. The lowest BCUT2D eigenvalue weighted by molar-refractivity contribution is 0.394. The van der Waals surface area contributed by atoms with Crippen molar-refractivity contribution in [2.24, 2.45) is 0 Å². The van der Waals surface area contributed by atoms with Crippen LogP contribution < -0.4 is 19.7 Å². The van der Waals surface area contributed by atoms with Gasteiger partial charge in [-0.2, -0.15) is 0 Å². The van der Waals surface area contributed by atoms with Crippen LogP contribution in [-0.2, 0) is 0 Å². The lowest BCUT2D eigenvalue weighted by Crippen LogP contribution is -2.31. The van der Waals surface area contributed by atoms with Crippen LogP contribution >= 0.6 is 0 Å². The minimum Gasteiger partial charge on any atom is -0.497 e. The number of rotatable bonds is 6. The lowest BCUT2D eigenvalue weighted by atomic mass is 9.79. The molecule has 0 atom stereocenters. The van der Waals surface area contributed by atoms with E-state index in [2.05, 4.69) is 0 Å². The first-order chi connectivity index (χ1) is 11.1. The van der Waals surface area contributed by atoms with Gasteiger partial charge in [0.25, 0.3) is 0 Å². The standard InChI is InChI=1S/C17H19BO5/c1-21-14-8-13(9-15(11-14)22-2)5-4-12-6-7-16(18(19)20)17(10-12)23-3/h4-11,19-20H,1-3H3/b5-4-. The van der Waals surface area contributed by atoms with E-state index in [0.717, 1.165) is 11.1 Å². The highest BCUT2D eigenvalue weighted by molar-refractivity contribution is 6.59. The van der Waals surface area contributed by atoms with Crippen molar-refractivity contribution in [2.45, 2.75) is 0 Å². The van der Waals surface area contributed by atoms with Crippen molar-refractivity contribution in [3.8, 4) is 17.2 Å². The van der Waals surface area contributed by atoms with Crippen molar-refractivity contribution in [1.29, 1.82) is 0 Å². The summed E-state index contributed by atoms with van der Waals surface area (Å²) in [5.74, 6) is 1.84. The number of hydrogen-bond acceptors (Lipinski definition) is 5. The molecule has 0 unspecified atom stereocenters. The summed E-state index contributed by atoms with van der Waals surface area (Å²) in [6.45, 7) is 0. The molecule has 2 aromatic carbocycles. The van der Waals surface area contributed by atoms with Gasteiger partial charge in [0.1, 0.15) is 17.2 Å². The van der Waals surface area contributed by atoms with Crippen LogP contribution in [0.25, 0.3) is 12.2 Å². The number of ether oxygens (including phenoxy) is 3. The van der Waals surface area contributed by atoms with Crippen LogP contribution in [-0.4, -0.2) is 38.5 Å². The van der Waals surface area contributed by atoms with Gasteiger partial charge < -0.3 is 24.3 Å². The Morgan fingerprint density at radius 1 is 0.783 bits per heavy atom. The summed E-state index contributed by atoms with van der Waals surface area (Å²) in [5.41, 5.74) is 2.12. The highest BCUT2D eigenvalue weighted by Crippen LogP contribution is 2.24. The zero-order valence-electron chi connectivity index (χ0n) is 13.3. The third kappa shape index (κ3) is 4.28. The van der Waals surface area contributed by atoms with Crippen LogP contribution in [0.1, 0.15) is 11.1 Å². The molecule has 0 aromatic heterocycles. The fraction of sp³-hybridized carbons (Fsp3) is 0.176. The van der Waals surface area contributed by atoms with E-state index in [0.29, 0.717) is 22.7 Å². The van der Waals surface area contributed by atoms with Crippen LogP contribution in [0, 0.1) is 0 Å².